The van der Waals surface area contributed by atoms with Crippen molar-refractivity contribution in [1.29, 1.82) is 0 Å². The number of aliphatic hydroxyl groups is 1. The van der Waals surface area contributed by atoms with Crippen molar-refractivity contribution in [2.24, 2.45) is 0 Å². The van der Waals surface area contributed by atoms with Gasteiger partial charge in [-0.25, -0.2) is 18.4 Å². The highest BCUT2D eigenvalue weighted by molar-refractivity contribution is 7.91. The van der Waals surface area contributed by atoms with Crippen molar-refractivity contribution in [2.75, 3.05) is 34.3 Å². The SMILES string of the molecule is COc1cc(-c2ccc(C)cc2S(=O)(=O)c2cnc3[nH]cc(-c4ccc(C(=O)N(C)C)cc4)c3n2)cc2c1CN(CC(C)(C)O)CC2. The Balaban J connectivity index is 1.40. The number of benzene rings is 3. The number of methoxy groups -OCH3 is 1. The third-order valence-corrected chi connectivity index (χ3v) is 10.1. The van der Waals surface area contributed by atoms with Crippen LogP contribution in [0.3, 0.4) is 0 Å². The molecule has 1 aliphatic rings. The topological polar surface area (TPSA) is 129 Å². The number of aryl methyl sites for hydroxylation is 1. The predicted octanol–water partition coefficient (Wildman–Crippen LogP) is 5.27. The molecule has 2 N–H and O–H groups in total. The summed E-state index contributed by atoms with van der Waals surface area (Å²) in [6.45, 7) is 7.39. The number of nitrogens with zero attached hydrogens (tertiary/aromatic N) is 4. The monoisotopic (exact) mass is 653 g/mol. The Kier molecular flexibility index (Phi) is 8.41. The standard InChI is InChI=1S/C36H39N5O5S/c1-22-7-12-27(26-16-25-13-14-41(21-36(2,3)43)20-29(25)30(17-26)46-6)31(15-22)47(44,45)32-19-38-34-33(39-32)28(18-37-34)23-8-10-24(11-9-23)35(42)40(4)5/h7-12,15-19,43H,13-14,20-21H2,1-6H3,(H,37,38). The second-order valence-corrected chi connectivity index (χ2v) is 14.8. The number of carbonyl (C=O) groups is 1. The summed E-state index contributed by atoms with van der Waals surface area (Å²) in [5.41, 5.74) is 6.25. The van der Waals surface area contributed by atoms with Crippen LogP contribution in [-0.2, 0) is 22.8 Å². The minimum Gasteiger partial charge on any atom is -0.496 e. The van der Waals surface area contributed by atoms with E-state index >= 15 is 0 Å². The molecule has 6 rings (SSSR count). The molecule has 0 radical (unpaired) electrons. The molecule has 244 valence electrons. The maximum absolute atomic E-state index is 14.4. The molecular weight excluding hydrogens is 614 g/mol. The number of aromatic amines is 1. The van der Waals surface area contributed by atoms with Crippen molar-refractivity contribution in [3.63, 3.8) is 0 Å². The van der Waals surface area contributed by atoms with E-state index in [0.29, 0.717) is 46.7 Å². The van der Waals surface area contributed by atoms with Crippen LogP contribution < -0.4 is 4.74 Å². The zero-order valence-corrected chi connectivity index (χ0v) is 28.3. The van der Waals surface area contributed by atoms with E-state index in [1.54, 1.807) is 59.4 Å². The number of aromatic nitrogens is 3. The zero-order valence-electron chi connectivity index (χ0n) is 27.5. The first-order valence-electron chi connectivity index (χ1n) is 15.4. The number of H-pyrrole nitrogens is 1. The summed E-state index contributed by atoms with van der Waals surface area (Å²) in [7, 11) is 0.893. The molecule has 0 saturated carbocycles. The van der Waals surface area contributed by atoms with Crippen LogP contribution in [0.2, 0.25) is 0 Å². The Hall–Kier alpha value is -4.58. The van der Waals surface area contributed by atoms with Crippen LogP contribution in [0.5, 0.6) is 5.75 Å². The fourth-order valence-electron chi connectivity index (χ4n) is 6.18. The minimum atomic E-state index is -4.12. The summed E-state index contributed by atoms with van der Waals surface area (Å²) in [6.07, 6.45) is 3.77. The first-order chi connectivity index (χ1) is 22.2. The number of hydrogen-bond donors (Lipinski definition) is 2. The number of fused-ring (bicyclic) bond motifs is 2. The maximum atomic E-state index is 14.4. The van der Waals surface area contributed by atoms with Crippen molar-refractivity contribution in [3.05, 3.63) is 89.2 Å². The molecule has 47 heavy (non-hydrogen) atoms. The first-order valence-corrected chi connectivity index (χ1v) is 16.9. The van der Waals surface area contributed by atoms with Gasteiger partial charge in [0.2, 0.25) is 9.84 Å². The largest absolute Gasteiger partial charge is 0.496 e. The quantitative estimate of drug-likeness (QED) is 0.232. The van der Waals surface area contributed by atoms with Gasteiger partial charge in [-0.3, -0.25) is 9.69 Å². The van der Waals surface area contributed by atoms with Crippen molar-refractivity contribution < 1.29 is 23.1 Å². The van der Waals surface area contributed by atoms with E-state index in [1.165, 1.54) is 11.1 Å². The summed E-state index contributed by atoms with van der Waals surface area (Å²) in [5.74, 6) is 0.570. The zero-order chi connectivity index (χ0) is 33.7. The number of β-amino-alcohol motifs (C(OH)–C–C–N with tert-alkyl or cyclic N) is 1. The lowest BCUT2D eigenvalue weighted by Crippen LogP contribution is -2.41. The van der Waals surface area contributed by atoms with Gasteiger partial charge >= 0.3 is 0 Å². The molecule has 2 aromatic heterocycles. The van der Waals surface area contributed by atoms with Gasteiger partial charge < -0.3 is 19.7 Å². The highest BCUT2D eigenvalue weighted by Gasteiger charge is 2.29. The van der Waals surface area contributed by atoms with E-state index in [1.807, 2.05) is 43.3 Å². The molecule has 10 nitrogen and oxygen atoms in total. The number of ether oxygens (including phenoxy) is 1. The van der Waals surface area contributed by atoms with Gasteiger partial charge in [0.25, 0.3) is 5.91 Å². The van der Waals surface area contributed by atoms with E-state index in [4.69, 9.17) is 4.74 Å². The molecule has 0 bridgehead atoms. The normalized spacial score (nSPS) is 13.9. The predicted molar refractivity (Wildman–Crippen MR) is 181 cm³/mol. The molecular formula is C36H39N5O5S. The average molecular weight is 654 g/mol. The molecule has 11 heteroatoms. The second-order valence-electron chi connectivity index (χ2n) is 13.0. The minimum absolute atomic E-state index is 0.109. The smallest absolute Gasteiger partial charge is 0.253 e. The summed E-state index contributed by atoms with van der Waals surface area (Å²) in [4.78, 5) is 28.4. The van der Waals surface area contributed by atoms with Gasteiger partial charge in [-0.1, -0.05) is 30.3 Å². The molecule has 1 aliphatic heterocycles. The van der Waals surface area contributed by atoms with Crippen LogP contribution in [0, 0.1) is 6.92 Å². The molecule has 0 atom stereocenters. The molecule has 5 aromatic rings. The lowest BCUT2D eigenvalue weighted by molar-refractivity contribution is 0.0314. The third kappa shape index (κ3) is 6.38. The fourth-order valence-corrected chi connectivity index (χ4v) is 7.63. The van der Waals surface area contributed by atoms with Crippen LogP contribution in [0.25, 0.3) is 33.4 Å². The maximum Gasteiger partial charge on any atom is 0.253 e. The van der Waals surface area contributed by atoms with Gasteiger partial charge in [0.1, 0.15) is 11.3 Å². The van der Waals surface area contributed by atoms with E-state index in [2.05, 4.69) is 19.9 Å². The average Bonchev–Trinajstić information content (AvgIpc) is 3.46. The van der Waals surface area contributed by atoms with Crippen molar-refractivity contribution in [3.8, 4) is 28.0 Å². The molecule has 3 aromatic carbocycles. The van der Waals surface area contributed by atoms with Crippen LogP contribution >= 0.6 is 0 Å². The Morgan fingerprint density at radius 3 is 2.49 bits per heavy atom. The number of sulfone groups is 1. The summed E-state index contributed by atoms with van der Waals surface area (Å²) >= 11 is 0. The van der Waals surface area contributed by atoms with Gasteiger partial charge in [0.05, 0.1) is 23.8 Å². The number of nitrogens with one attached hydrogen (secondary N) is 1. The number of carbonyl (C=O) groups excluding carboxylic acids is 1. The highest BCUT2D eigenvalue weighted by atomic mass is 32.2. The summed E-state index contributed by atoms with van der Waals surface area (Å²) in [5, 5.41) is 10.2. The van der Waals surface area contributed by atoms with E-state index in [-0.39, 0.29) is 15.8 Å². The molecule has 0 aliphatic carbocycles. The van der Waals surface area contributed by atoms with E-state index in [0.717, 1.165) is 40.8 Å². The van der Waals surface area contributed by atoms with Crippen molar-refractivity contribution >= 4 is 26.9 Å². The second kappa shape index (κ2) is 12.2. The van der Waals surface area contributed by atoms with Gasteiger partial charge in [-0.2, -0.15) is 0 Å². The molecule has 0 saturated heterocycles. The van der Waals surface area contributed by atoms with E-state index in [9.17, 15) is 18.3 Å². The van der Waals surface area contributed by atoms with E-state index < -0.39 is 15.4 Å². The van der Waals surface area contributed by atoms with Gasteiger partial charge in [-0.05, 0) is 73.7 Å². The lowest BCUT2D eigenvalue weighted by Gasteiger charge is -2.34. The van der Waals surface area contributed by atoms with Crippen molar-refractivity contribution in [1.82, 2.24) is 24.8 Å². The van der Waals surface area contributed by atoms with Crippen LogP contribution in [0.1, 0.15) is 40.9 Å². The molecule has 0 spiro atoms. The Bertz CT molecular complexity index is 2080. The summed E-state index contributed by atoms with van der Waals surface area (Å²) < 4.78 is 34.6. The van der Waals surface area contributed by atoms with Gasteiger partial charge in [0, 0.05) is 62.2 Å². The Labute approximate surface area is 275 Å². The Morgan fingerprint density at radius 1 is 1.06 bits per heavy atom. The molecule has 3 heterocycles. The first kappa shape index (κ1) is 32.4. The lowest BCUT2D eigenvalue weighted by atomic mass is 9.92. The van der Waals surface area contributed by atoms with Crippen LogP contribution in [0.15, 0.2) is 76.9 Å². The van der Waals surface area contributed by atoms with Gasteiger partial charge in [0.15, 0.2) is 10.7 Å². The van der Waals surface area contributed by atoms with Gasteiger partial charge in [-0.15, -0.1) is 0 Å². The number of rotatable bonds is 8. The van der Waals surface area contributed by atoms with Crippen LogP contribution in [0.4, 0.5) is 0 Å². The fraction of sp³-hybridized carbons (Fsp3) is 0.306. The molecule has 0 fully saturated rings. The number of amides is 1. The summed E-state index contributed by atoms with van der Waals surface area (Å²) in [6, 6.07) is 16.4. The molecule has 1 amide bonds. The third-order valence-electron chi connectivity index (χ3n) is 8.43. The molecule has 0 unspecified atom stereocenters. The highest BCUT2D eigenvalue weighted by Crippen LogP contribution is 2.38. The Morgan fingerprint density at radius 2 is 1.81 bits per heavy atom. The van der Waals surface area contributed by atoms with Crippen molar-refractivity contribution in [2.45, 2.75) is 49.3 Å². The number of hydrogen-bond acceptors (Lipinski definition) is 8. The van der Waals surface area contributed by atoms with Crippen LogP contribution in [-0.4, -0.2) is 84.1 Å².